The van der Waals surface area contributed by atoms with Crippen LogP contribution in [0.3, 0.4) is 0 Å². The second kappa shape index (κ2) is 7.68. The Labute approximate surface area is 143 Å². The highest BCUT2D eigenvalue weighted by molar-refractivity contribution is 5.92. The van der Waals surface area contributed by atoms with Crippen LogP contribution in [0.5, 0.6) is 5.75 Å². The Kier molecular flexibility index (Phi) is 5.16. The lowest BCUT2D eigenvalue weighted by Crippen LogP contribution is -2.48. The van der Waals surface area contributed by atoms with Gasteiger partial charge in [0.2, 0.25) is 5.91 Å². The third-order valence-electron chi connectivity index (χ3n) is 4.26. The molecule has 1 aliphatic rings. The third-order valence-corrected chi connectivity index (χ3v) is 4.26. The molecule has 0 radical (unpaired) electrons. The van der Waals surface area contributed by atoms with Crippen LogP contribution in [0.2, 0.25) is 0 Å². The van der Waals surface area contributed by atoms with E-state index in [0.29, 0.717) is 0 Å². The summed E-state index contributed by atoms with van der Waals surface area (Å²) in [5, 5.41) is 0. The predicted octanol–water partition coefficient (Wildman–Crippen LogP) is 3.06. The Hall–Kier alpha value is -2.75. The number of hydrogen-bond acceptors (Lipinski definition) is 3. The van der Waals surface area contributed by atoms with Gasteiger partial charge >= 0.3 is 0 Å². The van der Waals surface area contributed by atoms with E-state index < -0.39 is 0 Å². The van der Waals surface area contributed by atoms with Crippen LogP contribution in [-0.2, 0) is 4.79 Å². The average Bonchev–Trinajstić information content (AvgIpc) is 2.67. The van der Waals surface area contributed by atoms with E-state index in [0.717, 1.165) is 37.5 Å². The van der Waals surface area contributed by atoms with E-state index in [-0.39, 0.29) is 5.91 Å². The van der Waals surface area contributed by atoms with Crippen molar-refractivity contribution in [2.45, 2.75) is 0 Å². The van der Waals surface area contributed by atoms with E-state index in [4.69, 9.17) is 4.74 Å². The van der Waals surface area contributed by atoms with Gasteiger partial charge in [0, 0.05) is 43.5 Å². The molecule has 0 aliphatic carbocycles. The highest BCUT2D eigenvalue weighted by Crippen LogP contribution is 2.19. The van der Waals surface area contributed by atoms with Crippen LogP contribution < -0.4 is 9.64 Å². The summed E-state index contributed by atoms with van der Waals surface area (Å²) < 4.78 is 5.30. The fraction of sp³-hybridized carbons (Fsp3) is 0.250. The summed E-state index contributed by atoms with van der Waals surface area (Å²) >= 11 is 0. The fourth-order valence-electron chi connectivity index (χ4n) is 2.89. The normalized spacial score (nSPS) is 14.9. The molecule has 0 unspecified atom stereocenters. The number of methoxy groups -OCH3 is 1. The molecular formula is C20H22N2O2. The molecule has 0 saturated carbocycles. The summed E-state index contributed by atoms with van der Waals surface area (Å²) in [4.78, 5) is 16.6. The molecule has 2 aromatic carbocycles. The lowest BCUT2D eigenvalue weighted by molar-refractivity contribution is -0.126. The molecule has 1 heterocycles. The predicted molar refractivity (Wildman–Crippen MR) is 97.3 cm³/mol. The van der Waals surface area contributed by atoms with E-state index >= 15 is 0 Å². The smallest absolute Gasteiger partial charge is 0.246 e. The molecule has 124 valence electrons. The molecule has 24 heavy (non-hydrogen) atoms. The van der Waals surface area contributed by atoms with Crippen molar-refractivity contribution < 1.29 is 9.53 Å². The van der Waals surface area contributed by atoms with Crippen molar-refractivity contribution in [1.29, 1.82) is 0 Å². The van der Waals surface area contributed by atoms with Crippen molar-refractivity contribution >= 4 is 17.7 Å². The number of carbonyl (C=O) groups is 1. The summed E-state index contributed by atoms with van der Waals surface area (Å²) in [5.74, 6) is 0.823. The number of carbonyl (C=O) groups excluding carboxylic acids is 1. The highest BCUT2D eigenvalue weighted by Gasteiger charge is 2.19. The molecule has 2 aromatic rings. The molecule has 0 atom stereocenters. The lowest BCUT2D eigenvalue weighted by Gasteiger charge is -2.35. The van der Waals surface area contributed by atoms with Crippen molar-refractivity contribution in [2.75, 3.05) is 38.2 Å². The first kappa shape index (κ1) is 16.1. The summed E-state index contributed by atoms with van der Waals surface area (Å²) in [5.41, 5.74) is 2.13. The van der Waals surface area contributed by atoms with Gasteiger partial charge in [-0.25, -0.2) is 0 Å². The first-order valence-electron chi connectivity index (χ1n) is 8.18. The van der Waals surface area contributed by atoms with Gasteiger partial charge in [-0.2, -0.15) is 0 Å². The van der Waals surface area contributed by atoms with Gasteiger partial charge in [0.25, 0.3) is 0 Å². The number of ether oxygens (including phenoxy) is 1. The Morgan fingerprint density at radius 1 is 0.958 bits per heavy atom. The van der Waals surface area contributed by atoms with Gasteiger partial charge in [-0.1, -0.05) is 36.4 Å². The highest BCUT2D eigenvalue weighted by atomic mass is 16.5. The zero-order valence-corrected chi connectivity index (χ0v) is 13.9. The monoisotopic (exact) mass is 322 g/mol. The van der Waals surface area contributed by atoms with E-state index in [2.05, 4.69) is 17.0 Å². The minimum Gasteiger partial charge on any atom is -0.496 e. The summed E-state index contributed by atoms with van der Waals surface area (Å²) in [7, 11) is 1.64. The Morgan fingerprint density at radius 2 is 1.62 bits per heavy atom. The minimum absolute atomic E-state index is 0.0496. The molecule has 0 bridgehead atoms. The molecule has 0 aromatic heterocycles. The van der Waals surface area contributed by atoms with Crippen LogP contribution in [0.25, 0.3) is 6.08 Å². The van der Waals surface area contributed by atoms with E-state index in [9.17, 15) is 4.79 Å². The topological polar surface area (TPSA) is 32.8 Å². The van der Waals surface area contributed by atoms with Gasteiger partial charge in [0.1, 0.15) is 5.75 Å². The van der Waals surface area contributed by atoms with Gasteiger partial charge in [-0.05, 0) is 24.3 Å². The van der Waals surface area contributed by atoms with Crippen LogP contribution >= 0.6 is 0 Å². The standard InChI is InChI=1S/C20H22N2O2/c1-24-19-10-6-5-7-17(19)11-12-20(23)22-15-13-21(14-16-22)18-8-3-2-4-9-18/h2-12H,13-16H2,1H3. The van der Waals surface area contributed by atoms with E-state index in [1.807, 2.05) is 53.4 Å². The second-order valence-electron chi connectivity index (χ2n) is 5.72. The minimum atomic E-state index is 0.0496. The van der Waals surface area contributed by atoms with Crippen LogP contribution in [0.15, 0.2) is 60.7 Å². The van der Waals surface area contributed by atoms with Gasteiger partial charge < -0.3 is 14.5 Å². The number of para-hydroxylation sites is 2. The summed E-state index contributed by atoms with van der Waals surface area (Å²) in [6.07, 6.45) is 3.46. The van der Waals surface area contributed by atoms with Crippen molar-refractivity contribution in [3.63, 3.8) is 0 Å². The SMILES string of the molecule is COc1ccccc1C=CC(=O)N1CCN(c2ccccc2)CC1. The number of rotatable bonds is 4. The van der Waals surface area contributed by atoms with Crippen LogP contribution in [0, 0.1) is 0 Å². The number of amides is 1. The van der Waals surface area contributed by atoms with Gasteiger partial charge in [-0.3, -0.25) is 4.79 Å². The van der Waals surface area contributed by atoms with E-state index in [1.54, 1.807) is 13.2 Å². The molecule has 3 rings (SSSR count). The molecule has 0 spiro atoms. The number of piperazine rings is 1. The van der Waals surface area contributed by atoms with Crippen molar-refractivity contribution in [1.82, 2.24) is 4.90 Å². The molecule has 4 heteroatoms. The van der Waals surface area contributed by atoms with Crippen molar-refractivity contribution in [3.8, 4) is 5.75 Å². The van der Waals surface area contributed by atoms with Crippen molar-refractivity contribution in [2.24, 2.45) is 0 Å². The average molecular weight is 322 g/mol. The summed E-state index contributed by atoms with van der Waals surface area (Å²) in [6, 6.07) is 18.0. The first-order chi connectivity index (χ1) is 11.8. The number of benzene rings is 2. The zero-order valence-electron chi connectivity index (χ0n) is 13.9. The maximum Gasteiger partial charge on any atom is 0.246 e. The van der Waals surface area contributed by atoms with Crippen LogP contribution in [-0.4, -0.2) is 44.1 Å². The Balaban J connectivity index is 1.58. The summed E-state index contributed by atoms with van der Waals surface area (Å²) in [6.45, 7) is 3.20. The van der Waals surface area contributed by atoms with Crippen LogP contribution in [0.4, 0.5) is 5.69 Å². The maximum atomic E-state index is 12.4. The quantitative estimate of drug-likeness (QED) is 0.811. The fourth-order valence-corrected chi connectivity index (χ4v) is 2.89. The van der Waals surface area contributed by atoms with Crippen LogP contribution in [0.1, 0.15) is 5.56 Å². The van der Waals surface area contributed by atoms with Gasteiger partial charge in [0.15, 0.2) is 0 Å². The second-order valence-corrected chi connectivity index (χ2v) is 5.72. The number of anilines is 1. The molecule has 1 fully saturated rings. The number of hydrogen-bond donors (Lipinski definition) is 0. The zero-order chi connectivity index (χ0) is 16.8. The largest absolute Gasteiger partial charge is 0.496 e. The van der Waals surface area contributed by atoms with E-state index in [1.165, 1.54) is 5.69 Å². The third kappa shape index (κ3) is 3.77. The van der Waals surface area contributed by atoms with Gasteiger partial charge in [0.05, 0.1) is 7.11 Å². The Bertz CT molecular complexity index is 705. The Morgan fingerprint density at radius 3 is 2.33 bits per heavy atom. The van der Waals surface area contributed by atoms with Gasteiger partial charge in [-0.15, -0.1) is 0 Å². The molecular weight excluding hydrogens is 300 g/mol. The molecule has 1 amide bonds. The number of nitrogens with zero attached hydrogens (tertiary/aromatic N) is 2. The first-order valence-corrected chi connectivity index (χ1v) is 8.18. The van der Waals surface area contributed by atoms with Crippen molar-refractivity contribution in [3.05, 3.63) is 66.2 Å². The molecule has 4 nitrogen and oxygen atoms in total. The maximum absolute atomic E-state index is 12.4. The lowest BCUT2D eigenvalue weighted by atomic mass is 10.2. The molecule has 1 aliphatic heterocycles. The molecule has 1 saturated heterocycles. The molecule has 0 N–H and O–H groups in total.